The minimum atomic E-state index is -1.18. The fourth-order valence-corrected chi connectivity index (χ4v) is 2.52. The third-order valence-electron chi connectivity index (χ3n) is 3.75. The summed E-state index contributed by atoms with van der Waals surface area (Å²) in [7, 11) is 0. The molecule has 2 rings (SSSR count). The van der Waals surface area contributed by atoms with Crippen LogP contribution in [0.4, 0.5) is 4.79 Å². The summed E-state index contributed by atoms with van der Waals surface area (Å²) in [5.74, 6) is -0.533. The molecule has 21 heavy (non-hydrogen) atoms. The number of carbonyl (C=O) groups excluding carboxylic acids is 2. The van der Waals surface area contributed by atoms with Crippen molar-refractivity contribution in [1.82, 2.24) is 9.80 Å². The lowest BCUT2D eigenvalue weighted by molar-refractivity contribution is -0.312. The lowest BCUT2D eigenvalue weighted by atomic mass is 9.98. The van der Waals surface area contributed by atoms with E-state index in [-0.39, 0.29) is 6.54 Å². The lowest BCUT2D eigenvalue weighted by Crippen LogP contribution is -2.54. The minimum Gasteiger partial charge on any atom is -0.547 e. The number of nitrogens with zero attached hydrogens (tertiary/aromatic N) is 3. The number of ether oxygens (including phenoxy) is 1. The van der Waals surface area contributed by atoms with E-state index in [9.17, 15) is 14.7 Å². The van der Waals surface area contributed by atoms with Crippen molar-refractivity contribution in [2.75, 3.05) is 26.2 Å². The fourth-order valence-electron chi connectivity index (χ4n) is 2.52. The first-order valence-corrected chi connectivity index (χ1v) is 7.20. The van der Waals surface area contributed by atoms with Gasteiger partial charge in [0.25, 0.3) is 0 Å². The van der Waals surface area contributed by atoms with Crippen LogP contribution in [-0.4, -0.2) is 65.0 Å². The largest absolute Gasteiger partial charge is 0.547 e. The summed E-state index contributed by atoms with van der Waals surface area (Å²) in [5, 5.41) is 11.4. The fraction of sp³-hybridized carbons (Fsp3) is 0.786. The number of fused-ring (bicyclic) bond motifs is 1. The van der Waals surface area contributed by atoms with E-state index in [2.05, 4.69) is 4.99 Å². The highest BCUT2D eigenvalue weighted by Gasteiger charge is 2.42. The summed E-state index contributed by atoms with van der Waals surface area (Å²) in [4.78, 5) is 31.2. The summed E-state index contributed by atoms with van der Waals surface area (Å²) in [5.41, 5.74) is -1.73. The van der Waals surface area contributed by atoms with Gasteiger partial charge in [-0.05, 0) is 27.2 Å². The number of piperazine rings is 1. The summed E-state index contributed by atoms with van der Waals surface area (Å²) < 4.78 is 5.34. The Labute approximate surface area is 124 Å². The van der Waals surface area contributed by atoms with Crippen LogP contribution >= 0.6 is 0 Å². The van der Waals surface area contributed by atoms with Crippen molar-refractivity contribution in [3.63, 3.8) is 0 Å². The van der Waals surface area contributed by atoms with E-state index >= 15 is 0 Å². The number of amidine groups is 1. The second-order valence-electron chi connectivity index (χ2n) is 6.52. The minimum absolute atomic E-state index is 0.282. The maximum Gasteiger partial charge on any atom is 0.410 e. The molecule has 7 nitrogen and oxygen atoms in total. The number of aliphatic imine (C=N–C) groups is 1. The van der Waals surface area contributed by atoms with E-state index < -0.39 is 23.2 Å². The molecule has 1 fully saturated rings. The molecule has 2 aliphatic heterocycles. The molecular formula is C14H22N3O4-. The Morgan fingerprint density at radius 3 is 2.57 bits per heavy atom. The summed E-state index contributed by atoms with van der Waals surface area (Å²) in [6, 6.07) is 0. The average Bonchev–Trinajstić information content (AvgIpc) is 2.75. The highest BCUT2D eigenvalue weighted by Crippen LogP contribution is 2.26. The van der Waals surface area contributed by atoms with E-state index in [1.54, 1.807) is 11.8 Å². The second-order valence-corrected chi connectivity index (χ2v) is 6.52. The summed E-state index contributed by atoms with van der Waals surface area (Å²) >= 11 is 0. The Kier molecular flexibility index (Phi) is 3.86. The van der Waals surface area contributed by atoms with Crippen molar-refractivity contribution in [1.29, 1.82) is 0 Å². The Morgan fingerprint density at radius 1 is 1.38 bits per heavy atom. The van der Waals surface area contributed by atoms with Crippen LogP contribution in [0, 0.1) is 0 Å². The van der Waals surface area contributed by atoms with Crippen LogP contribution in [0.2, 0.25) is 0 Å². The van der Waals surface area contributed by atoms with Gasteiger partial charge in [0.05, 0.1) is 12.5 Å². The summed E-state index contributed by atoms with van der Waals surface area (Å²) in [6.07, 6.45) is -0.0193. The first kappa shape index (κ1) is 15.6. The van der Waals surface area contributed by atoms with Crippen LogP contribution in [0.3, 0.4) is 0 Å². The number of aliphatic carboxylic acids is 1. The average molecular weight is 296 g/mol. The van der Waals surface area contributed by atoms with Gasteiger partial charge < -0.3 is 19.5 Å². The van der Waals surface area contributed by atoms with Crippen LogP contribution in [0.25, 0.3) is 0 Å². The Morgan fingerprint density at radius 2 is 2.05 bits per heavy atom. The van der Waals surface area contributed by atoms with Crippen molar-refractivity contribution >= 4 is 17.9 Å². The number of carboxylic acids is 1. The quantitative estimate of drug-likeness (QED) is 0.707. The number of carboxylic acid groups (broad SMARTS) is 1. The lowest BCUT2D eigenvalue weighted by Gasteiger charge is -2.35. The zero-order valence-electron chi connectivity index (χ0n) is 13.0. The molecule has 1 saturated heterocycles. The predicted molar refractivity (Wildman–Crippen MR) is 74.8 cm³/mol. The molecular weight excluding hydrogens is 274 g/mol. The predicted octanol–water partition coefficient (Wildman–Crippen LogP) is -0.150. The van der Waals surface area contributed by atoms with Gasteiger partial charge in [-0.1, -0.05) is 6.92 Å². The molecule has 118 valence electrons. The molecule has 7 heteroatoms. The van der Waals surface area contributed by atoms with Gasteiger partial charge in [-0.3, -0.25) is 9.89 Å². The zero-order chi connectivity index (χ0) is 15.8. The summed E-state index contributed by atoms with van der Waals surface area (Å²) in [6.45, 7) is 8.89. The first-order chi connectivity index (χ1) is 9.67. The molecule has 1 unspecified atom stereocenters. The maximum atomic E-state index is 12.1. The normalized spacial score (nSPS) is 25.4. The molecule has 1 atom stereocenters. The molecule has 0 spiro atoms. The van der Waals surface area contributed by atoms with Crippen molar-refractivity contribution in [3.8, 4) is 0 Å². The highest BCUT2D eigenvalue weighted by atomic mass is 16.6. The van der Waals surface area contributed by atoms with E-state index in [4.69, 9.17) is 4.74 Å². The number of amides is 1. The molecule has 0 radical (unpaired) electrons. The Hall–Kier alpha value is -1.79. The molecule has 2 aliphatic rings. The standard InChI is InChI=1S/C14H23N3O4/c1-5-14(11(18)19)9-17-7-6-16(8-10(17)15-14)12(20)21-13(2,3)4/h5-9H2,1-4H3,(H,18,19)/p-1. The van der Waals surface area contributed by atoms with E-state index in [0.29, 0.717) is 31.9 Å². The number of carbonyl (C=O) groups is 2. The molecule has 1 amide bonds. The van der Waals surface area contributed by atoms with Crippen LogP contribution in [0.1, 0.15) is 34.1 Å². The van der Waals surface area contributed by atoms with Gasteiger partial charge in [-0.2, -0.15) is 0 Å². The van der Waals surface area contributed by atoms with Gasteiger partial charge in [-0.25, -0.2) is 4.79 Å². The van der Waals surface area contributed by atoms with Crippen LogP contribution < -0.4 is 5.11 Å². The Bertz CT molecular complexity index is 483. The van der Waals surface area contributed by atoms with Crippen LogP contribution in [0.5, 0.6) is 0 Å². The van der Waals surface area contributed by atoms with Gasteiger partial charge in [0.1, 0.15) is 17.0 Å². The molecule has 0 aromatic carbocycles. The number of hydrogen-bond acceptors (Lipinski definition) is 6. The van der Waals surface area contributed by atoms with Gasteiger partial charge in [-0.15, -0.1) is 0 Å². The SMILES string of the molecule is CCC1(C(=O)[O-])CN2CCN(C(=O)OC(C)(C)C)CC2=N1. The molecule has 0 aromatic rings. The zero-order valence-corrected chi connectivity index (χ0v) is 13.0. The van der Waals surface area contributed by atoms with Gasteiger partial charge in [0, 0.05) is 19.6 Å². The van der Waals surface area contributed by atoms with Crippen molar-refractivity contribution in [2.24, 2.45) is 4.99 Å². The number of rotatable bonds is 2. The third kappa shape index (κ3) is 3.11. The van der Waals surface area contributed by atoms with Crippen molar-refractivity contribution < 1.29 is 19.4 Å². The molecule has 0 bridgehead atoms. The molecule has 0 N–H and O–H groups in total. The molecule has 0 aromatic heterocycles. The van der Waals surface area contributed by atoms with Crippen molar-refractivity contribution in [2.45, 2.75) is 45.3 Å². The Balaban J connectivity index is 2.10. The van der Waals surface area contributed by atoms with Crippen LogP contribution in [0.15, 0.2) is 4.99 Å². The van der Waals surface area contributed by atoms with Crippen molar-refractivity contribution in [3.05, 3.63) is 0 Å². The molecule has 2 heterocycles. The van der Waals surface area contributed by atoms with Gasteiger partial charge in [0.2, 0.25) is 0 Å². The molecule has 0 saturated carbocycles. The smallest absolute Gasteiger partial charge is 0.410 e. The van der Waals surface area contributed by atoms with E-state index in [1.165, 1.54) is 0 Å². The number of hydrogen-bond donors (Lipinski definition) is 0. The highest BCUT2D eigenvalue weighted by molar-refractivity contribution is 5.94. The van der Waals surface area contributed by atoms with Gasteiger partial charge in [0.15, 0.2) is 0 Å². The maximum absolute atomic E-state index is 12.1. The topological polar surface area (TPSA) is 85.3 Å². The molecule has 0 aliphatic carbocycles. The van der Waals surface area contributed by atoms with Gasteiger partial charge >= 0.3 is 6.09 Å². The third-order valence-corrected chi connectivity index (χ3v) is 3.75. The van der Waals surface area contributed by atoms with Crippen LogP contribution in [-0.2, 0) is 9.53 Å². The van der Waals surface area contributed by atoms with E-state index in [1.807, 2.05) is 25.7 Å². The second kappa shape index (κ2) is 5.20. The van der Waals surface area contributed by atoms with E-state index in [0.717, 1.165) is 0 Å². The first-order valence-electron chi connectivity index (χ1n) is 7.20. The monoisotopic (exact) mass is 296 g/mol.